The molecule has 0 aliphatic heterocycles. The standard InChI is InChI=1S/C8H6BrNO3/c9-8-5(1-2-12-8)7-6(3-11)10-4-13-7/h1-2,4,11H,3H2. The van der Waals surface area contributed by atoms with E-state index in [4.69, 9.17) is 13.9 Å². The van der Waals surface area contributed by atoms with Gasteiger partial charge >= 0.3 is 0 Å². The van der Waals surface area contributed by atoms with Crippen LogP contribution in [-0.2, 0) is 6.61 Å². The fraction of sp³-hybridized carbons (Fsp3) is 0.125. The number of aromatic nitrogens is 1. The normalized spacial score (nSPS) is 10.6. The molecule has 68 valence electrons. The molecule has 4 nitrogen and oxygen atoms in total. The highest BCUT2D eigenvalue weighted by atomic mass is 79.9. The molecule has 0 spiro atoms. The average Bonchev–Trinajstić information content (AvgIpc) is 2.71. The van der Waals surface area contributed by atoms with Crippen molar-refractivity contribution in [2.75, 3.05) is 0 Å². The molecular weight excluding hydrogens is 238 g/mol. The molecule has 0 radical (unpaired) electrons. The van der Waals surface area contributed by atoms with Gasteiger partial charge in [0.2, 0.25) is 0 Å². The first kappa shape index (κ1) is 8.52. The lowest BCUT2D eigenvalue weighted by Crippen LogP contribution is -1.85. The Hall–Kier alpha value is -1.07. The number of furan rings is 1. The van der Waals surface area contributed by atoms with Gasteiger partial charge in [-0.3, -0.25) is 0 Å². The molecule has 0 fully saturated rings. The van der Waals surface area contributed by atoms with E-state index in [-0.39, 0.29) is 6.61 Å². The van der Waals surface area contributed by atoms with Crippen LogP contribution < -0.4 is 0 Å². The van der Waals surface area contributed by atoms with Crippen molar-refractivity contribution in [3.63, 3.8) is 0 Å². The van der Waals surface area contributed by atoms with Crippen LogP contribution in [0.25, 0.3) is 11.3 Å². The highest BCUT2D eigenvalue weighted by Gasteiger charge is 2.14. The molecule has 2 aromatic heterocycles. The molecule has 0 aliphatic rings. The highest BCUT2D eigenvalue weighted by molar-refractivity contribution is 9.10. The maximum atomic E-state index is 8.93. The molecule has 0 unspecified atom stereocenters. The topological polar surface area (TPSA) is 59.4 Å². The van der Waals surface area contributed by atoms with E-state index in [9.17, 15) is 0 Å². The number of hydrogen-bond donors (Lipinski definition) is 1. The van der Waals surface area contributed by atoms with Crippen molar-refractivity contribution in [2.24, 2.45) is 0 Å². The van der Waals surface area contributed by atoms with Crippen LogP contribution in [0.2, 0.25) is 0 Å². The second kappa shape index (κ2) is 3.35. The number of hydrogen-bond acceptors (Lipinski definition) is 4. The Morgan fingerprint density at radius 3 is 2.92 bits per heavy atom. The van der Waals surface area contributed by atoms with E-state index in [1.807, 2.05) is 0 Å². The van der Waals surface area contributed by atoms with Gasteiger partial charge in [0.05, 0.1) is 18.4 Å². The summed E-state index contributed by atoms with van der Waals surface area (Å²) in [5, 5.41) is 8.93. The summed E-state index contributed by atoms with van der Waals surface area (Å²) >= 11 is 3.21. The first-order valence-electron chi connectivity index (χ1n) is 3.59. The van der Waals surface area contributed by atoms with Gasteiger partial charge in [-0.15, -0.1) is 0 Å². The molecule has 5 heteroatoms. The third kappa shape index (κ3) is 1.40. The first-order valence-corrected chi connectivity index (χ1v) is 4.39. The zero-order chi connectivity index (χ0) is 9.26. The molecule has 2 aromatic rings. The van der Waals surface area contributed by atoms with Crippen molar-refractivity contribution < 1.29 is 13.9 Å². The van der Waals surface area contributed by atoms with Crippen molar-refractivity contribution in [1.82, 2.24) is 4.98 Å². The van der Waals surface area contributed by atoms with E-state index in [0.717, 1.165) is 5.56 Å². The van der Waals surface area contributed by atoms with Gasteiger partial charge in [0, 0.05) is 0 Å². The molecule has 2 heterocycles. The number of halogens is 1. The third-order valence-electron chi connectivity index (χ3n) is 1.65. The van der Waals surface area contributed by atoms with Crippen LogP contribution in [0.5, 0.6) is 0 Å². The molecule has 0 aromatic carbocycles. The predicted octanol–water partition coefficient (Wildman–Crippen LogP) is 2.19. The zero-order valence-corrected chi connectivity index (χ0v) is 8.11. The molecule has 2 rings (SSSR count). The van der Waals surface area contributed by atoms with E-state index < -0.39 is 0 Å². The quantitative estimate of drug-likeness (QED) is 0.879. The summed E-state index contributed by atoms with van der Waals surface area (Å²) < 4.78 is 10.7. The molecule has 0 aliphatic carbocycles. The van der Waals surface area contributed by atoms with Crippen molar-refractivity contribution in [1.29, 1.82) is 0 Å². The Balaban J connectivity index is 2.52. The summed E-state index contributed by atoms with van der Waals surface area (Å²) in [5.41, 5.74) is 1.25. The van der Waals surface area contributed by atoms with Crippen LogP contribution in [0.15, 0.2) is 32.2 Å². The van der Waals surface area contributed by atoms with Crippen LogP contribution in [0.1, 0.15) is 5.69 Å². The van der Waals surface area contributed by atoms with E-state index >= 15 is 0 Å². The monoisotopic (exact) mass is 243 g/mol. The van der Waals surface area contributed by atoms with E-state index in [1.54, 1.807) is 6.07 Å². The number of nitrogens with zero attached hydrogens (tertiary/aromatic N) is 1. The Bertz CT molecular complexity index is 407. The molecule has 0 amide bonds. The Morgan fingerprint density at radius 1 is 1.46 bits per heavy atom. The van der Waals surface area contributed by atoms with Crippen molar-refractivity contribution in [3.05, 3.63) is 29.1 Å². The third-order valence-corrected chi connectivity index (χ3v) is 2.27. The minimum absolute atomic E-state index is 0.149. The van der Waals surface area contributed by atoms with Crippen molar-refractivity contribution in [2.45, 2.75) is 6.61 Å². The van der Waals surface area contributed by atoms with E-state index in [0.29, 0.717) is 16.1 Å². The second-order valence-electron chi connectivity index (χ2n) is 2.39. The van der Waals surface area contributed by atoms with Crippen molar-refractivity contribution >= 4 is 15.9 Å². The Morgan fingerprint density at radius 2 is 2.31 bits per heavy atom. The van der Waals surface area contributed by atoms with Crippen LogP contribution >= 0.6 is 15.9 Å². The van der Waals surface area contributed by atoms with Gasteiger partial charge in [0.25, 0.3) is 0 Å². The summed E-state index contributed by atoms with van der Waals surface area (Å²) in [7, 11) is 0. The Labute approximate surface area is 82.3 Å². The van der Waals surface area contributed by atoms with Crippen LogP contribution in [0.3, 0.4) is 0 Å². The smallest absolute Gasteiger partial charge is 0.181 e. The lowest BCUT2D eigenvalue weighted by atomic mass is 10.2. The van der Waals surface area contributed by atoms with Gasteiger partial charge in [0.15, 0.2) is 16.8 Å². The number of aliphatic hydroxyl groups excluding tert-OH is 1. The van der Waals surface area contributed by atoms with Crippen molar-refractivity contribution in [3.8, 4) is 11.3 Å². The first-order chi connectivity index (χ1) is 6.33. The van der Waals surface area contributed by atoms with Gasteiger partial charge in [-0.05, 0) is 22.0 Å². The number of rotatable bonds is 2. The van der Waals surface area contributed by atoms with E-state index in [1.165, 1.54) is 12.7 Å². The van der Waals surface area contributed by atoms with E-state index in [2.05, 4.69) is 20.9 Å². The largest absolute Gasteiger partial charge is 0.457 e. The molecule has 0 saturated carbocycles. The van der Waals surface area contributed by atoms with Gasteiger partial charge in [0.1, 0.15) is 5.69 Å². The SMILES string of the molecule is OCc1ncoc1-c1ccoc1Br. The minimum Gasteiger partial charge on any atom is -0.457 e. The molecule has 1 N–H and O–H groups in total. The summed E-state index contributed by atoms with van der Waals surface area (Å²) in [5.74, 6) is 0.531. The predicted molar refractivity (Wildman–Crippen MR) is 47.8 cm³/mol. The van der Waals surface area contributed by atoms with Gasteiger partial charge in [-0.2, -0.15) is 0 Å². The second-order valence-corrected chi connectivity index (χ2v) is 3.11. The van der Waals surface area contributed by atoms with Crippen LogP contribution in [0, 0.1) is 0 Å². The van der Waals surface area contributed by atoms with Gasteiger partial charge in [-0.25, -0.2) is 4.98 Å². The highest BCUT2D eigenvalue weighted by Crippen LogP contribution is 2.31. The number of aliphatic hydroxyl groups is 1. The zero-order valence-electron chi connectivity index (χ0n) is 6.53. The molecule has 0 bridgehead atoms. The number of oxazole rings is 1. The lowest BCUT2D eigenvalue weighted by molar-refractivity contribution is 0.277. The van der Waals surface area contributed by atoms with Crippen LogP contribution in [-0.4, -0.2) is 10.1 Å². The summed E-state index contributed by atoms with van der Waals surface area (Å²) in [6, 6.07) is 1.74. The summed E-state index contributed by atoms with van der Waals surface area (Å²) in [6.07, 6.45) is 2.82. The summed E-state index contributed by atoms with van der Waals surface area (Å²) in [6.45, 7) is -0.149. The molecular formula is C8H6BrNO3. The Kier molecular flexibility index (Phi) is 2.20. The molecule has 13 heavy (non-hydrogen) atoms. The lowest BCUT2D eigenvalue weighted by Gasteiger charge is -1.93. The fourth-order valence-electron chi connectivity index (χ4n) is 1.06. The van der Waals surface area contributed by atoms with Gasteiger partial charge in [-0.1, -0.05) is 0 Å². The molecule has 0 atom stereocenters. The fourth-order valence-corrected chi connectivity index (χ4v) is 1.48. The van der Waals surface area contributed by atoms with Crippen LogP contribution in [0.4, 0.5) is 0 Å². The average molecular weight is 244 g/mol. The maximum Gasteiger partial charge on any atom is 0.181 e. The minimum atomic E-state index is -0.149. The summed E-state index contributed by atoms with van der Waals surface area (Å²) in [4.78, 5) is 3.85. The van der Waals surface area contributed by atoms with Gasteiger partial charge < -0.3 is 13.9 Å². The molecule has 0 saturated heterocycles. The maximum absolute atomic E-state index is 8.93.